The molecule has 0 saturated carbocycles. The van der Waals surface area contributed by atoms with Crippen molar-refractivity contribution < 1.29 is 9.53 Å². The molecule has 1 unspecified atom stereocenters. The molecule has 1 heterocycles. The van der Waals surface area contributed by atoms with Gasteiger partial charge in [-0.3, -0.25) is 4.79 Å². The van der Waals surface area contributed by atoms with Crippen molar-refractivity contribution in [3.05, 3.63) is 24.3 Å². The van der Waals surface area contributed by atoms with Crippen LogP contribution < -0.4 is 10.6 Å². The lowest BCUT2D eigenvalue weighted by Crippen LogP contribution is -2.49. The molecule has 1 aliphatic rings. The summed E-state index contributed by atoms with van der Waals surface area (Å²) in [7, 11) is 1.71. The quantitative estimate of drug-likeness (QED) is 0.552. The molecule has 1 fully saturated rings. The fourth-order valence-corrected chi connectivity index (χ4v) is 2.25. The Hall–Kier alpha value is -1.13. The number of allylic oxidation sites excluding steroid dienone is 3. The molecule has 1 aliphatic heterocycles. The summed E-state index contributed by atoms with van der Waals surface area (Å²) in [4.78, 5) is 11.6. The zero-order valence-electron chi connectivity index (χ0n) is 11.4. The molecule has 18 heavy (non-hydrogen) atoms. The average Bonchev–Trinajstić information content (AvgIpc) is 2.38. The van der Waals surface area contributed by atoms with Crippen molar-refractivity contribution in [3.8, 4) is 0 Å². The van der Waals surface area contributed by atoms with Gasteiger partial charge in [-0.15, -0.1) is 0 Å². The average molecular weight is 252 g/mol. The van der Waals surface area contributed by atoms with Crippen LogP contribution in [0.3, 0.4) is 0 Å². The van der Waals surface area contributed by atoms with Crippen molar-refractivity contribution >= 4 is 5.91 Å². The Morgan fingerprint density at radius 3 is 2.94 bits per heavy atom. The number of hydrogen-bond donors (Lipinski definition) is 2. The number of hydrogen-bond acceptors (Lipinski definition) is 3. The summed E-state index contributed by atoms with van der Waals surface area (Å²) in [5.41, 5.74) is 0.0388. The molecule has 1 amide bonds. The zero-order valence-corrected chi connectivity index (χ0v) is 11.4. The van der Waals surface area contributed by atoms with E-state index in [-0.39, 0.29) is 11.3 Å². The van der Waals surface area contributed by atoms with E-state index in [1.54, 1.807) is 19.3 Å². The number of carbonyl (C=O) groups excluding carboxylic acids is 1. The molecule has 0 aliphatic carbocycles. The SMILES string of the molecule is CC=C/C=C/C(=O)NCC1(COC)CCCNC1. The molecule has 2 N–H and O–H groups in total. The summed E-state index contributed by atoms with van der Waals surface area (Å²) in [5, 5.41) is 6.33. The highest BCUT2D eigenvalue weighted by molar-refractivity contribution is 5.87. The van der Waals surface area contributed by atoms with Crippen molar-refractivity contribution in [3.63, 3.8) is 0 Å². The number of carbonyl (C=O) groups is 1. The number of methoxy groups -OCH3 is 1. The first-order valence-corrected chi connectivity index (χ1v) is 6.49. The highest BCUT2D eigenvalue weighted by Crippen LogP contribution is 2.25. The zero-order chi connectivity index (χ0) is 13.3. The van der Waals surface area contributed by atoms with Gasteiger partial charge in [0.25, 0.3) is 0 Å². The Morgan fingerprint density at radius 2 is 2.33 bits per heavy atom. The van der Waals surface area contributed by atoms with Gasteiger partial charge < -0.3 is 15.4 Å². The van der Waals surface area contributed by atoms with Crippen LogP contribution in [0.15, 0.2) is 24.3 Å². The second kappa shape index (κ2) is 8.06. The maximum absolute atomic E-state index is 11.6. The van der Waals surface area contributed by atoms with Crippen LogP contribution in [-0.2, 0) is 9.53 Å². The van der Waals surface area contributed by atoms with E-state index >= 15 is 0 Å². The van der Waals surface area contributed by atoms with Gasteiger partial charge in [-0.25, -0.2) is 0 Å². The Labute approximate surface area is 109 Å². The maximum atomic E-state index is 11.6. The van der Waals surface area contributed by atoms with E-state index in [0.29, 0.717) is 13.2 Å². The molecule has 0 aromatic carbocycles. The van der Waals surface area contributed by atoms with Gasteiger partial charge in [0.15, 0.2) is 0 Å². The monoisotopic (exact) mass is 252 g/mol. The van der Waals surface area contributed by atoms with Gasteiger partial charge in [0.05, 0.1) is 6.61 Å². The first-order chi connectivity index (χ1) is 8.72. The molecule has 0 aromatic rings. The molecular weight excluding hydrogens is 228 g/mol. The fourth-order valence-electron chi connectivity index (χ4n) is 2.25. The molecule has 0 spiro atoms. The highest BCUT2D eigenvalue weighted by Gasteiger charge is 2.32. The Kier molecular flexibility index (Phi) is 6.68. The Morgan fingerprint density at radius 1 is 1.50 bits per heavy atom. The summed E-state index contributed by atoms with van der Waals surface area (Å²) in [6, 6.07) is 0. The minimum Gasteiger partial charge on any atom is -0.384 e. The second-order valence-corrected chi connectivity index (χ2v) is 4.82. The van der Waals surface area contributed by atoms with Gasteiger partial charge in [-0.05, 0) is 26.3 Å². The summed E-state index contributed by atoms with van der Waals surface area (Å²) in [5.74, 6) is -0.0471. The van der Waals surface area contributed by atoms with E-state index in [1.807, 2.05) is 19.1 Å². The van der Waals surface area contributed by atoms with E-state index in [0.717, 1.165) is 25.9 Å². The van der Waals surface area contributed by atoms with Gasteiger partial charge in [-0.1, -0.05) is 18.2 Å². The molecule has 1 atom stereocenters. The Balaban J connectivity index is 2.44. The predicted molar refractivity (Wildman–Crippen MR) is 73.4 cm³/mol. The lowest BCUT2D eigenvalue weighted by molar-refractivity contribution is -0.117. The second-order valence-electron chi connectivity index (χ2n) is 4.82. The molecule has 4 nitrogen and oxygen atoms in total. The molecule has 1 saturated heterocycles. The highest BCUT2D eigenvalue weighted by atomic mass is 16.5. The van der Waals surface area contributed by atoms with Crippen LogP contribution in [-0.4, -0.2) is 39.3 Å². The topological polar surface area (TPSA) is 50.4 Å². The molecule has 102 valence electrons. The maximum Gasteiger partial charge on any atom is 0.243 e. The molecular formula is C14H24N2O2. The van der Waals surface area contributed by atoms with Crippen LogP contribution in [0.5, 0.6) is 0 Å². The standard InChI is InChI=1S/C14H24N2O2/c1-3-4-5-7-13(17)16-11-14(12-18-2)8-6-9-15-10-14/h3-5,7,15H,6,8-12H2,1-2H3,(H,16,17)/b4-3?,7-5+. The molecule has 0 bridgehead atoms. The van der Waals surface area contributed by atoms with Crippen molar-refractivity contribution in [1.82, 2.24) is 10.6 Å². The van der Waals surface area contributed by atoms with Crippen LogP contribution in [0.1, 0.15) is 19.8 Å². The van der Waals surface area contributed by atoms with Crippen molar-refractivity contribution in [2.24, 2.45) is 5.41 Å². The van der Waals surface area contributed by atoms with E-state index in [2.05, 4.69) is 10.6 Å². The molecule has 0 radical (unpaired) electrons. The van der Waals surface area contributed by atoms with Crippen LogP contribution in [0, 0.1) is 5.41 Å². The summed E-state index contributed by atoms with van der Waals surface area (Å²) in [6.07, 6.45) is 9.25. The van der Waals surface area contributed by atoms with Crippen LogP contribution in [0.4, 0.5) is 0 Å². The number of nitrogens with one attached hydrogen (secondary N) is 2. The van der Waals surface area contributed by atoms with Gasteiger partial charge in [0, 0.05) is 31.7 Å². The molecule has 4 heteroatoms. The van der Waals surface area contributed by atoms with Crippen molar-refractivity contribution in [1.29, 1.82) is 0 Å². The van der Waals surface area contributed by atoms with Crippen LogP contribution >= 0.6 is 0 Å². The minimum absolute atomic E-state index is 0.0388. The van der Waals surface area contributed by atoms with Gasteiger partial charge >= 0.3 is 0 Å². The van der Waals surface area contributed by atoms with Crippen molar-refractivity contribution in [2.45, 2.75) is 19.8 Å². The third-order valence-corrected chi connectivity index (χ3v) is 3.20. The van der Waals surface area contributed by atoms with Crippen molar-refractivity contribution in [2.75, 3.05) is 33.4 Å². The first kappa shape index (κ1) is 14.9. The van der Waals surface area contributed by atoms with Crippen LogP contribution in [0.25, 0.3) is 0 Å². The van der Waals surface area contributed by atoms with Crippen LogP contribution in [0.2, 0.25) is 0 Å². The number of amides is 1. The minimum atomic E-state index is -0.0471. The van der Waals surface area contributed by atoms with Gasteiger partial charge in [0.2, 0.25) is 5.91 Å². The summed E-state index contributed by atoms with van der Waals surface area (Å²) in [6.45, 7) is 5.22. The normalized spacial score (nSPS) is 24.8. The lowest BCUT2D eigenvalue weighted by atomic mass is 9.81. The summed E-state index contributed by atoms with van der Waals surface area (Å²) >= 11 is 0. The summed E-state index contributed by atoms with van der Waals surface area (Å²) < 4.78 is 5.30. The molecule has 1 rings (SSSR count). The molecule has 0 aromatic heterocycles. The number of piperidine rings is 1. The van der Waals surface area contributed by atoms with E-state index in [9.17, 15) is 4.79 Å². The van der Waals surface area contributed by atoms with E-state index < -0.39 is 0 Å². The largest absolute Gasteiger partial charge is 0.384 e. The fraction of sp³-hybridized carbons (Fsp3) is 0.643. The predicted octanol–water partition coefficient (Wildman–Crippen LogP) is 1.25. The Bertz CT molecular complexity index is 299. The lowest BCUT2D eigenvalue weighted by Gasteiger charge is -2.37. The van der Waals surface area contributed by atoms with Gasteiger partial charge in [0.1, 0.15) is 0 Å². The number of ether oxygens (including phenoxy) is 1. The number of rotatable bonds is 6. The third-order valence-electron chi connectivity index (χ3n) is 3.20. The van der Waals surface area contributed by atoms with E-state index in [4.69, 9.17) is 4.74 Å². The van der Waals surface area contributed by atoms with E-state index in [1.165, 1.54) is 0 Å². The smallest absolute Gasteiger partial charge is 0.243 e. The third kappa shape index (κ3) is 5.02. The first-order valence-electron chi connectivity index (χ1n) is 6.49. The van der Waals surface area contributed by atoms with Gasteiger partial charge in [-0.2, -0.15) is 0 Å².